The van der Waals surface area contributed by atoms with Crippen LogP contribution in [0, 0.1) is 0 Å². The summed E-state index contributed by atoms with van der Waals surface area (Å²) in [5.41, 5.74) is 0.238. The smallest absolute Gasteiger partial charge is 0.422 e. The summed E-state index contributed by atoms with van der Waals surface area (Å²) >= 11 is 0. The molecule has 2 aromatic heterocycles. The van der Waals surface area contributed by atoms with Crippen LogP contribution in [0.2, 0.25) is 0 Å². The Hall–Kier alpha value is -4.40. The monoisotopic (exact) mass is 420 g/mol. The average Bonchev–Trinajstić information content (AvgIpc) is 2.77. The Morgan fingerprint density at radius 2 is 1.84 bits per heavy atom. The SMILES string of the molecule is COc1cc(-c2cnc3c(=O)n(CC(=O)O)c(=O)oc3c2)ccc1Oc1ccccc1. The van der Waals surface area contributed by atoms with E-state index in [1.165, 1.54) is 19.4 Å². The van der Waals surface area contributed by atoms with Crippen LogP contribution in [0.25, 0.3) is 22.2 Å². The van der Waals surface area contributed by atoms with Crippen molar-refractivity contribution in [2.24, 2.45) is 0 Å². The van der Waals surface area contributed by atoms with Crippen LogP contribution in [-0.4, -0.2) is 27.7 Å². The zero-order valence-electron chi connectivity index (χ0n) is 16.3. The fraction of sp³-hybridized carbons (Fsp3) is 0.0909. The van der Waals surface area contributed by atoms with Gasteiger partial charge in [0.25, 0.3) is 5.56 Å². The highest BCUT2D eigenvalue weighted by molar-refractivity contribution is 5.79. The van der Waals surface area contributed by atoms with Crippen molar-refractivity contribution in [1.29, 1.82) is 0 Å². The lowest BCUT2D eigenvalue weighted by Gasteiger charge is -2.12. The molecule has 2 aromatic carbocycles. The summed E-state index contributed by atoms with van der Waals surface area (Å²) in [6, 6.07) is 16.0. The van der Waals surface area contributed by atoms with Crippen molar-refractivity contribution in [2.75, 3.05) is 7.11 Å². The second-order valence-corrected chi connectivity index (χ2v) is 6.50. The van der Waals surface area contributed by atoms with Crippen molar-refractivity contribution in [3.8, 4) is 28.4 Å². The van der Waals surface area contributed by atoms with Gasteiger partial charge in [0.2, 0.25) is 0 Å². The molecule has 0 spiro atoms. The predicted octanol–water partition coefficient (Wildman–Crippen LogP) is 2.90. The fourth-order valence-corrected chi connectivity index (χ4v) is 3.02. The number of carboxylic acids is 1. The highest BCUT2D eigenvalue weighted by Crippen LogP contribution is 2.35. The topological polar surface area (TPSA) is 121 Å². The molecule has 156 valence electrons. The Morgan fingerprint density at radius 3 is 2.55 bits per heavy atom. The van der Waals surface area contributed by atoms with E-state index in [0.717, 1.165) is 0 Å². The number of hydrogen-bond donors (Lipinski definition) is 1. The normalized spacial score (nSPS) is 10.7. The summed E-state index contributed by atoms with van der Waals surface area (Å²) in [7, 11) is 1.51. The van der Waals surface area contributed by atoms with Crippen LogP contribution in [0.5, 0.6) is 17.2 Å². The predicted molar refractivity (Wildman–Crippen MR) is 111 cm³/mol. The van der Waals surface area contributed by atoms with Crippen molar-refractivity contribution in [2.45, 2.75) is 6.54 Å². The minimum Gasteiger partial charge on any atom is -0.493 e. The Labute approximate surface area is 174 Å². The quantitative estimate of drug-likeness (QED) is 0.505. The molecule has 4 rings (SSSR count). The third-order valence-electron chi connectivity index (χ3n) is 4.48. The van der Waals surface area contributed by atoms with Crippen LogP contribution >= 0.6 is 0 Å². The van der Waals surface area contributed by atoms with Crippen LogP contribution in [0.1, 0.15) is 0 Å². The first-order valence-electron chi connectivity index (χ1n) is 9.13. The number of aliphatic carboxylic acids is 1. The van der Waals surface area contributed by atoms with Crippen molar-refractivity contribution in [1.82, 2.24) is 9.55 Å². The van der Waals surface area contributed by atoms with Gasteiger partial charge < -0.3 is 19.0 Å². The Kier molecular flexibility index (Phi) is 5.23. The molecule has 2 heterocycles. The number of carboxylic acid groups (broad SMARTS) is 1. The molecule has 4 aromatic rings. The molecular formula is C22H16N2O7. The van der Waals surface area contributed by atoms with Gasteiger partial charge in [-0.05, 0) is 35.9 Å². The molecule has 31 heavy (non-hydrogen) atoms. The maximum atomic E-state index is 12.4. The van der Waals surface area contributed by atoms with Crippen LogP contribution in [0.4, 0.5) is 0 Å². The maximum absolute atomic E-state index is 12.4. The lowest BCUT2D eigenvalue weighted by molar-refractivity contribution is -0.137. The van der Waals surface area contributed by atoms with Crippen molar-refractivity contribution >= 4 is 17.1 Å². The second kappa shape index (κ2) is 8.15. The second-order valence-electron chi connectivity index (χ2n) is 6.50. The number of carbonyl (C=O) groups is 1. The third kappa shape index (κ3) is 4.01. The Bertz CT molecular complexity index is 1390. The number of methoxy groups -OCH3 is 1. The molecule has 0 fully saturated rings. The maximum Gasteiger partial charge on any atom is 0.422 e. The molecule has 0 saturated carbocycles. The van der Waals surface area contributed by atoms with E-state index in [-0.39, 0.29) is 11.1 Å². The van der Waals surface area contributed by atoms with Crippen LogP contribution in [-0.2, 0) is 11.3 Å². The van der Waals surface area contributed by atoms with E-state index >= 15 is 0 Å². The molecule has 0 saturated heterocycles. The molecule has 0 aliphatic rings. The molecule has 0 unspecified atom stereocenters. The molecule has 9 nitrogen and oxygen atoms in total. The molecule has 0 aliphatic carbocycles. The average molecular weight is 420 g/mol. The molecule has 0 aliphatic heterocycles. The number of hydrogen-bond acceptors (Lipinski definition) is 7. The van der Waals surface area contributed by atoms with E-state index in [4.69, 9.17) is 19.0 Å². The van der Waals surface area contributed by atoms with Gasteiger partial charge >= 0.3 is 11.7 Å². The Morgan fingerprint density at radius 1 is 1.06 bits per heavy atom. The fourth-order valence-electron chi connectivity index (χ4n) is 3.02. The van der Waals surface area contributed by atoms with E-state index in [1.54, 1.807) is 18.2 Å². The molecule has 1 N–H and O–H groups in total. The van der Waals surface area contributed by atoms with E-state index < -0.39 is 23.8 Å². The van der Waals surface area contributed by atoms with Gasteiger partial charge in [0.05, 0.1) is 7.11 Å². The van der Waals surface area contributed by atoms with E-state index in [1.807, 2.05) is 30.3 Å². The minimum absolute atomic E-state index is 0.0438. The van der Waals surface area contributed by atoms with E-state index in [0.29, 0.717) is 32.9 Å². The molecule has 0 amide bonds. The van der Waals surface area contributed by atoms with Gasteiger partial charge in [-0.15, -0.1) is 0 Å². The lowest BCUT2D eigenvalue weighted by Crippen LogP contribution is -2.35. The van der Waals surface area contributed by atoms with Crippen LogP contribution < -0.4 is 20.8 Å². The summed E-state index contributed by atoms with van der Waals surface area (Å²) in [5, 5.41) is 8.86. The first kappa shape index (κ1) is 19.9. The summed E-state index contributed by atoms with van der Waals surface area (Å²) in [5.74, 6) is -0.771. The minimum atomic E-state index is -1.34. The zero-order chi connectivity index (χ0) is 22.0. The standard InChI is InChI=1S/C22H16N2O7/c1-29-17-9-13(7-8-16(17)30-15-5-3-2-4-6-15)14-10-18-20(23-11-14)21(27)24(12-19(25)26)22(28)31-18/h2-11H,12H2,1H3,(H,25,26). The van der Waals surface area contributed by atoms with Gasteiger partial charge in [-0.1, -0.05) is 24.3 Å². The van der Waals surface area contributed by atoms with Gasteiger partial charge in [-0.25, -0.2) is 14.3 Å². The number of benzene rings is 2. The molecule has 0 radical (unpaired) electrons. The molecule has 9 heteroatoms. The van der Waals surface area contributed by atoms with Gasteiger partial charge in [-0.3, -0.25) is 9.59 Å². The Balaban J connectivity index is 1.74. The largest absolute Gasteiger partial charge is 0.493 e. The van der Waals surface area contributed by atoms with Crippen molar-refractivity contribution < 1.29 is 23.8 Å². The number of rotatable bonds is 6. The third-order valence-corrected chi connectivity index (χ3v) is 4.48. The first-order chi connectivity index (χ1) is 15.0. The van der Waals surface area contributed by atoms with Crippen molar-refractivity contribution in [3.05, 3.63) is 81.7 Å². The van der Waals surface area contributed by atoms with E-state index in [9.17, 15) is 14.4 Å². The van der Waals surface area contributed by atoms with Crippen molar-refractivity contribution in [3.63, 3.8) is 0 Å². The number of ether oxygens (including phenoxy) is 2. The van der Waals surface area contributed by atoms with Gasteiger partial charge in [0.15, 0.2) is 22.6 Å². The molecule has 0 atom stereocenters. The number of pyridine rings is 1. The number of fused-ring (bicyclic) bond motifs is 1. The number of para-hydroxylation sites is 1. The van der Waals surface area contributed by atoms with Gasteiger partial charge in [0, 0.05) is 11.8 Å². The first-order valence-corrected chi connectivity index (χ1v) is 9.13. The van der Waals surface area contributed by atoms with E-state index in [2.05, 4.69) is 4.98 Å². The summed E-state index contributed by atoms with van der Waals surface area (Å²) in [6.07, 6.45) is 1.43. The van der Waals surface area contributed by atoms with Crippen LogP contribution in [0.3, 0.4) is 0 Å². The highest BCUT2D eigenvalue weighted by atomic mass is 16.5. The van der Waals surface area contributed by atoms with Crippen LogP contribution in [0.15, 0.2) is 74.8 Å². The summed E-state index contributed by atoms with van der Waals surface area (Å²) in [4.78, 5) is 39.4. The zero-order valence-corrected chi connectivity index (χ0v) is 16.3. The highest BCUT2D eigenvalue weighted by Gasteiger charge is 2.15. The van der Waals surface area contributed by atoms with Gasteiger partial charge in [0.1, 0.15) is 12.3 Å². The number of nitrogens with zero attached hydrogens (tertiary/aromatic N) is 2. The lowest BCUT2D eigenvalue weighted by atomic mass is 10.1. The number of aromatic nitrogens is 2. The summed E-state index contributed by atoms with van der Waals surface area (Å²) in [6.45, 7) is -0.805. The van der Waals surface area contributed by atoms with Gasteiger partial charge in [-0.2, -0.15) is 0 Å². The molecular weight excluding hydrogens is 404 g/mol. The molecule has 0 bridgehead atoms. The summed E-state index contributed by atoms with van der Waals surface area (Å²) < 4.78 is 16.9.